The maximum atomic E-state index is 12.9. The molecule has 1 heterocycles. The Labute approximate surface area is 194 Å². The Balaban J connectivity index is 1.40. The number of amides is 1. The first kappa shape index (κ1) is 24.2. The molecule has 0 bridgehead atoms. The predicted molar refractivity (Wildman–Crippen MR) is 130 cm³/mol. The van der Waals surface area contributed by atoms with Crippen LogP contribution >= 0.6 is 23.5 Å². The fourth-order valence-electron chi connectivity index (χ4n) is 3.60. The molecule has 0 aliphatic carbocycles. The molecule has 5 nitrogen and oxygen atoms in total. The fourth-order valence-corrected chi connectivity index (χ4v) is 6.41. The van der Waals surface area contributed by atoms with E-state index in [-0.39, 0.29) is 11.8 Å². The van der Waals surface area contributed by atoms with Gasteiger partial charge in [-0.15, -0.1) is 11.8 Å². The molecule has 3 rings (SSSR count). The zero-order chi connectivity index (χ0) is 22.3. The minimum atomic E-state index is -3.50. The van der Waals surface area contributed by atoms with Crippen LogP contribution in [0.2, 0.25) is 0 Å². The van der Waals surface area contributed by atoms with Crippen molar-refractivity contribution in [1.82, 2.24) is 9.62 Å². The molecule has 0 aromatic heterocycles. The summed E-state index contributed by atoms with van der Waals surface area (Å²) in [6, 6.07) is 15.3. The second-order valence-electron chi connectivity index (χ2n) is 7.62. The molecule has 0 radical (unpaired) electrons. The number of nitrogens with zero attached hydrogens (tertiary/aromatic N) is 1. The summed E-state index contributed by atoms with van der Waals surface area (Å²) in [5, 5.41) is 3.02. The lowest BCUT2D eigenvalue weighted by Gasteiger charge is -2.30. The molecular formula is C23H30N2O3S3. The average Bonchev–Trinajstić information content (AvgIpc) is 2.80. The molecule has 1 N–H and O–H groups in total. The molecule has 1 fully saturated rings. The first-order valence-electron chi connectivity index (χ1n) is 10.5. The molecule has 1 saturated heterocycles. The number of carbonyl (C=O) groups is 1. The molecule has 1 amide bonds. The van der Waals surface area contributed by atoms with Crippen molar-refractivity contribution in [2.45, 2.75) is 35.3 Å². The average molecular weight is 479 g/mol. The maximum Gasteiger partial charge on any atom is 0.243 e. The molecule has 31 heavy (non-hydrogen) atoms. The van der Waals surface area contributed by atoms with E-state index in [1.165, 1.54) is 15.4 Å². The Morgan fingerprint density at radius 1 is 1.10 bits per heavy atom. The van der Waals surface area contributed by atoms with Gasteiger partial charge in [0, 0.05) is 42.0 Å². The number of benzene rings is 2. The number of carbonyl (C=O) groups excluding carboxylic acids is 1. The van der Waals surface area contributed by atoms with Crippen LogP contribution in [0.5, 0.6) is 0 Å². The topological polar surface area (TPSA) is 66.5 Å². The number of piperidine rings is 1. The van der Waals surface area contributed by atoms with Crippen LogP contribution in [0.15, 0.2) is 58.3 Å². The molecule has 0 saturated carbocycles. The van der Waals surface area contributed by atoms with E-state index in [4.69, 9.17) is 0 Å². The van der Waals surface area contributed by atoms with Crippen LogP contribution in [0.25, 0.3) is 0 Å². The van der Waals surface area contributed by atoms with Crippen LogP contribution in [-0.4, -0.2) is 50.3 Å². The quantitative estimate of drug-likeness (QED) is 0.433. The van der Waals surface area contributed by atoms with E-state index < -0.39 is 10.0 Å². The van der Waals surface area contributed by atoms with Gasteiger partial charge in [0.2, 0.25) is 15.9 Å². The SMILES string of the molecule is CSc1ccc(S(=O)(=O)N2CCC(C(=O)NCCSCc3ccccc3C)CC2)cc1. The number of nitrogens with one attached hydrogen (secondary N) is 1. The summed E-state index contributed by atoms with van der Waals surface area (Å²) < 4.78 is 27.2. The lowest BCUT2D eigenvalue weighted by atomic mass is 9.97. The third-order valence-electron chi connectivity index (χ3n) is 5.59. The minimum absolute atomic E-state index is 0.0397. The van der Waals surface area contributed by atoms with Crippen molar-refractivity contribution in [3.63, 3.8) is 0 Å². The summed E-state index contributed by atoms with van der Waals surface area (Å²) in [6.45, 7) is 3.51. The Kier molecular flexibility index (Phi) is 8.89. The van der Waals surface area contributed by atoms with Crippen molar-refractivity contribution in [2.24, 2.45) is 5.92 Å². The standard InChI is InChI=1S/C23H30N2O3S3/c1-18-5-3-4-6-20(18)17-30-16-13-24-23(26)19-11-14-25(15-12-19)31(27,28)22-9-7-21(29-2)8-10-22/h3-10,19H,11-17H2,1-2H3,(H,24,26). The molecule has 0 spiro atoms. The van der Waals surface area contributed by atoms with Crippen LogP contribution in [0, 0.1) is 12.8 Å². The molecule has 2 aromatic carbocycles. The molecule has 8 heteroatoms. The highest BCUT2D eigenvalue weighted by atomic mass is 32.2. The molecule has 168 valence electrons. The van der Waals surface area contributed by atoms with Gasteiger partial charge >= 0.3 is 0 Å². The van der Waals surface area contributed by atoms with E-state index in [9.17, 15) is 13.2 Å². The van der Waals surface area contributed by atoms with Gasteiger partial charge in [-0.3, -0.25) is 4.79 Å². The highest BCUT2D eigenvalue weighted by molar-refractivity contribution is 7.98. The van der Waals surface area contributed by atoms with Crippen molar-refractivity contribution in [3.05, 3.63) is 59.7 Å². The van der Waals surface area contributed by atoms with Crippen LogP contribution < -0.4 is 5.32 Å². The normalized spacial score (nSPS) is 15.7. The summed E-state index contributed by atoms with van der Waals surface area (Å²) in [6.07, 6.45) is 3.08. The number of thioether (sulfide) groups is 2. The van der Waals surface area contributed by atoms with Crippen molar-refractivity contribution in [1.29, 1.82) is 0 Å². The maximum absolute atomic E-state index is 12.9. The Morgan fingerprint density at radius 3 is 2.42 bits per heavy atom. The monoisotopic (exact) mass is 478 g/mol. The van der Waals surface area contributed by atoms with Gasteiger partial charge in [0.05, 0.1) is 4.90 Å². The molecular weight excluding hydrogens is 448 g/mol. The number of aryl methyl sites for hydroxylation is 1. The fraction of sp³-hybridized carbons (Fsp3) is 0.435. The lowest BCUT2D eigenvalue weighted by molar-refractivity contribution is -0.125. The van der Waals surface area contributed by atoms with Crippen molar-refractivity contribution < 1.29 is 13.2 Å². The van der Waals surface area contributed by atoms with Crippen LogP contribution in [-0.2, 0) is 20.6 Å². The van der Waals surface area contributed by atoms with E-state index >= 15 is 0 Å². The number of rotatable bonds is 9. The number of hydrogen-bond donors (Lipinski definition) is 1. The summed E-state index contributed by atoms with van der Waals surface area (Å²) in [5.41, 5.74) is 2.62. The first-order chi connectivity index (χ1) is 14.9. The van der Waals surface area contributed by atoms with Crippen LogP contribution in [0.4, 0.5) is 0 Å². The van der Waals surface area contributed by atoms with Gasteiger partial charge in [0.1, 0.15) is 0 Å². The smallest absolute Gasteiger partial charge is 0.243 e. The molecule has 1 aliphatic heterocycles. The van der Waals surface area contributed by atoms with Crippen molar-refractivity contribution >= 4 is 39.5 Å². The van der Waals surface area contributed by atoms with Crippen LogP contribution in [0.1, 0.15) is 24.0 Å². The molecule has 0 unspecified atom stereocenters. The van der Waals surface area contributed by atoms with Crippen molar-refractivity contribution in [3.8, 4) is 0 Å². The third-order valence-corrected chi connectivity index (χ3v) is 9.25. The van der Waals surface area contributed by atoms with E-state index in [0.29, 0.717) is 37.4 Å². The van der Waals surface area contributed by atoms with Gasteiger partial charge in [-0.1, -0.05) is 24.3 Å². The molecule has 2 aromatic rings. The molecule has 0 atom stereocenters. The van der Waals surface area contributed by atoms with Gasteiger partial charge in [-0.25, -0.2) is 8.42 Å². The van der Waals surface area contributed by atoms with Gasteiger partial charge < -0.3 is 5.32 Å². The Hall–Kier alpha value is -1.48. The largest absolute Gasteiger partial charge is 0.355 e. The summed E-state index contributed by atoms with van der Waals surface area (Å²) in [5.74, 6) is 1.72. The second kappa shape index (κ2) is 11.4. The van der Waals surface area contributed by atoms with Gasteiger partial charge in [-0.2, -0.15) is 16.1 Å². The molecule has 1 aliphatic rings. The van der Waals surface area contributed by atoms with Crippen LogP contribution in [0.3, 0.4) is 0 Å². The Bertz CT molecular complexity index is 970. The zero-order valence-electron chi connectivity index (χ0n) is 18.0. The lowest BCUT2D eigenvalue weighted by Crippen LogP contribution is -2.43. The highest BCUT2D eigenvalue weighted by Crippen LogP contribution is 2.25. The first-order valence-corrected chi connectivity index (χ1v) is 14.3. The summed E-state index contributed by atoms with van der Waals surface area (Å²) >= 11 is 3.39. The van der Waals surface area contributed by atoms with Gasteiger partial charge in [-0.05, 0) is 61.4 Å². The summed E-state index contributed by atoms with van der Waals surface area (Å²) in [7, 11) is -3.50. The predicted octanol–water partition coefficient (Wildman–Crippen LogP) is 4.17. The van der Waals surface area contributed by atoms with Gasteiger partial charge in [0.25, 0.3) is 0 Å². The second-order valence-corrected chi connectivity index (χ2v) is 11.5. The minimum Gasteiger partial charge on any atom is -0.355 e. The van der Waals surface area contributed by atoms with E-state index in [0.717, 1.165) is 16.4 Å². The van der Waals surface area contributed by atoms with Crippen molar-refractivity contribution in [2.75, 3.05) is 31.6 Å². The summed E-state index contributed by atoms with van der Waals surface area (Å²) in [4.78, 5) is 13.8. The van der Waals surface area contributed by atoms with E-state index in [2.05, 4.69) is 30.4 Å². The van der Waals surface area contributed by atoms with Gasteiger partial charge in [0.15, 0.2) is 0 Å². The number of hydrogen-bond acceptors (Lipinski definition) is 5. The zero-order valence-corrected chi connectivity index (χ0v) is 20.5. The number of sulfonamides is 1. The third kappa shape index (κ3) is 6.51. The Morgan fingerprint density at radius 2 is 1.77 bits per heavy atom. The van der Waals surface area contributed by atoms with E-state index in [1.807, 2.05) is 36.2 Å². The van der Waals surface area contributed by atoms with E-state index in [1.54, 1.807) is 23.9 Å². The highest BCUT2D eigenvalue weighted by Gasteiger charge is 2.31.